The molecule has 0 radical (unpaired) electrons. The molecule has 4 aromatic rings. The van der Waals surface area contributed by atoms with E-state index < -0.39 is 6.03 Å². The Kier molecular flexibility index (Phi) is 9.61. The van der Waals surface area contributed by atoms with Gasteiger partial charge in [0.05, 0.1) is 28.8 Å². The first-order valence-corrected chi connectivity index (χ1v) is 16.5. The molecule has 0 spiro atoms. The standard InChI is InChI=1S/C32H35ClN10O3S/c1-19-5-4-6-23(33)29(19)40-30(45)25-17-35-31(47-25)38-26-15-27(37-20(2)36-26)42-12-8-22(9-13-42)41(3)18-21-7-11-34-16-24(21)43-14-10-28(44)39-32(43)46/h4-7,11,15-17,22H,8-10,12-14,18H2,1-3H3,(H,40,45)(H,39,44,46)(H,35,36,37,38). The highest BCUT2D eigenvalue weighted by Gasteiger charge is 2.28. The highest BCUT2D eigenvalue weighted by molar-refractivity contribution is 7.17. The summed E-state index contributed by atoms with van der Waals surface area (Å²) in [6.45, 7) is 6.35. The van der Waals surface area contributed by atoms with E-state index in [-0.39, 0.29) is 18.2 Å². The number of halogens is 1. The van der Waals surface area contributed by atoms with Gasteiger partial charge in [-0.15, -0.1) is 0 Å². The first kappa shape index (κ1) is 32.3. The number of aryl methyl sites for hydroxylation is 2. The number of aromatic nitrogens is 4. The average Bonchev–Trinajstić information content (AvgIpc) is 3.52. The van der Waals surface area contributed by atoms with Crippen molar-refractivity contribution in [3.63, 3.8) is 0 Å². The Morgan fingerprint density at radius 2 is 1.94 bits per heavy atom. The number of anilines is 5. The predicted molar refractivity (Wildman–Crippen MR) is 183 cm³/mol. The van der Waals surface area contributed by atoms with Gasteiger partial charge in [0, 0.05) is 50.9 Å². The van der Waals surface area contributed by atoms with Crippen molar-refractivity contribution in [2.75, 3.05) is 47.1 Å². The van der Waals surface area contributed by atoms with Crippen LogP contribution in [0.2, 0.25) is 5.02 Å². The molecule has 0 atom stereocenters. The number of rotatable bonds is 9. The number of carbonyl (C=O) groups is 3. The number of piperidine rings is 1. The van der Waals surface area contributed by atoms with Crippen LogP contribution in [-0.2, 0) is 11.3 Å². The monoisotopic (exact) mass is 674 g/mol. The van der Waals surface area contributed by atoms with Crippen LogP contribution in [0.3, 0.4) is 0 Å². The molecule has 1 aromatic carbocycles. The molecule has 0 unspecified atom stereocenters. The molecule has 13 nitrogen and oxygen atoms in total. The molecule has 0 saturated carbocycles. The van der Waals surface area contributed by atoms with Crippen LogP contribution < -0.4 is 25.8 Å². The molecule has 4 amide bonds. The summed E-state index contributed by atoms with van der Waals surface area (Å²) in [7, 11) is 2.10. The van der Waals surface area contributed by atoms with Crippen molar-refractivity contribution in [3.8, 4) is 0 Å². The van der Waals surface area contributed by atoms with E-state index in [1.807, 2.05) is 38.1 Å². The lowest BCUT2D eigenvalue weighted by atomic mass is 10.0. The van der Waals surface area contributed by atoms with Crippen molar-refractivity contribution in [2.24, 2.45) is 0 Å². The van der Waals surface area contributed by atoms with E-state index in [4.69, 9.17) is 16.6 Å². The van der Waals surface area contributed by atoms with Crippen LogP contribution in [0.4, 0.5) is 32.9 Å². The number of carbonyl (C=O) groups excluding carboxylic acids is 3. The fourth-order valence-electron chi connectivity index (χ4n) is 5.81. The molecule has 3 N–H and O–H groups in total. The van der Waals surface area contributed by atoms with Crippen LogP contribution in [0, 0.1) is 13.8 Å². The van der Waals surface area contributed by atoms with Crippen molar-refractivity contribution in [1.82, 2.24) is 30.2 Å². The van der Waals surface area contributed by atoms with Gasteiger partial charge in [-0.3, -0.25) is 29.7 Å². The van der Waals surface area contributed by atoms with Crippen molar-refractivity contribution >= 4 is 68.9 Å². The van der Waals surface area contributed by atoms with Gasteiger partial charge in [0.25, 0.3) is 5.91 Å². The summed E-state index contributed by atoms with van der Waals surface area (Å²) in [6.07, 6.45) is 7.07. The summed E-state index contributed by atoms with van der Waals surface area (Å²) >= 11 is 7.51. The second-order valence-corrected chi connectivity index (χ2v) is 13.0. The van der Waals surface area contributed by atoms with E-state index in [1.54, 1.807) is 23.4 Å². The number of hydrogen-bond acceptors (Lipinski definition) is 11. The highest BCUT2D eigenvalue weighted by atomic mass is 35.5. The fraction of sp³-hybridized carbons (Fsp3) is 0.344. The number of urea groups is 1. The molecular weight excluding hydrogens is 640 g/mol. The molecule has 0 aliphatic carbocycles. The van der Waals surface area contributed by atoms with Crippen molar-refractivity contribution in [2.45, 2.75) is 45.7 Å². The van der Waals surface area contributed by atoms with Gasteiger partial charge in [-0.1, -0.05) is 35.1 Å². The molecule has 5 heterocycles. The lowest BCUT2D eigenvalue weighted by Crippen LogP contribution is -2.50. The zero-order chi connectivity index (χ0) is 33.1. The quantitative estimate of drug-likeness (QED) is 0.218. The Hall–Kier alpha value is -4.66. The molecule has 2 aliphatic rings. The lowest BCUT2D eigenvalue weighted by Gasteiger charge is -2.38. The Morgan fingerprint density at radius 1 is 1.13 bits per heavy atom. The Labute approximate surface area is 281 Å². The molecule has 15 heteroatoms. The Morgan fingerprint density at radius 3 is 2.70 bits per heavy atom. The SMILES string of the molecule is Cc1nc(Nc2ncc(C(=O)Nc3c(C)cccc3Cl)s2)cc(N2CCC(N(C)Cc3ccncc3N3CCC(=O)NC3=O)CC2)n1. The minimum atomic E-state index is -0.412. The van der Waals surface area contributed by atoms with Crippen molar-refractivity contribution in [3.05, 3.63) is 75.8 Å². The van der Waals surface area contributed by atoms with Crippen molar-refractivity contribution < 1.29 is 14.4 Å². The molecule has 2 saturated heterocycles. The number of amides is 4. The molecule has 47 heavy (non-hydrogen) atoms. The minimum Gasteiger partial charge on any atom is -0.356 e. The van der Waals surface area contributed by atoms with Crippen molar-refractivity contribution in [1.29, 1.82) is 0 Å². The van der Waals surface area contributed by atoms with Gasteiger partial charge in [0.15, 0.2) is 5.13 Å². The van der Waals surface area contributed by atoms with E-state index in [1.165, 1.54) is 17.5 Å². The van der Waals surface area contributed by atoms with Gasteiger partial charge in [0.1, 0.15) is 22.3 Å². The molecular formula is C32H35ClN10O3S. The minimum absolute atomic E-state index is 0.260. The topological polar surface area (TPSA) is 149 Å². The number of pyridine rings is 1. The summed E-state index contributed by atoms with van der Waals surface area (Å²) in [4.78, 5) is 61.5. The van der Waals surface area contributed by atoms with E-state index in [0.29, 0.717) is 51.5 Å². The summed E-state index contributed by atoms with van der Waals surface area (Å²) in [5.74, 6) is 1.51. The molecule has 3 aromatic heterocycles. The summed E-state index contributed by atoms with van der Waals surface area (Å²) in [6, 6.07) is 9.22. The number of nitrogens with one attached hydrogen (secondary N) is 3. The third-order valence-electron chi connectivity index (χ3n) is 8.31. The molecule has 0 bridgehead atoms. The molecule has 6 rings (SSSR count). The smallest absolute Gasteiger partial charge is 0.328 e. The Bertz CT molecular complexity index is 1790. The summed E-state index contributed by atoms with van der Waals surface area (Å²) in [5.41, 5.74) is 3.17. The van der Waals surface area contributed by atoms with Crippen LogP contribution in [0.5, 0.6) is 0 Å². The van der Waals surface area contributed by atoms with E-state index in [0.717, 1.165) is 48.6 Å². The average molecular weight is 675 g/mol. The van der Waals surface area contributed by atoms with Crippen LogP contribution in [0.25, 0.3) is 0 Å². The second-order valence-electron chi connectivity index (χ2n) is 11.6. The van der Waals surface area contributed by atoms with Crippen LogP contribution in [-0.4, -0.2) is 75.4 Å². The maximum atomic E-state index is 12.9. The van der Waals surface area contributed by atoms with E-state index in [2.05, 4.69) is 47.7 Å². The number of imide groups is 1. The number of hydrogen-bond donors (Lipinski definition) is 3. The number of benzene rings is 1. The number of para-hydroxylation sites is 1. The lowest BCUT2D eigenvalue weighted by molar-refractivity contribution is -0.120. The van der Waals surface area contributed by atoms with Gasteiger partial charge in [-0.25, -0.2) is 19.7 Å². The maximum Gasteiger partial charge on any atom is 0.328 e. The predicted octanol–water partition coefficient (Wildman–Crippen LogP) is 5.14. The normalized spacial score (nSPS) is 15.6. The van der Waals surface area contributed by atoms with Crippen LogP contribution in [0.15, 0.2) is 48.9 Å². The zero-order valence-corrected chi connectivity index (χ0v) is 27.9. The first-order chi connectivity index (χ1) is 22.6. The van der Waals surface area contributed by atoms with Gasteiger partial charge < -0.3 is 15.5 Å². The summed E-state index contributed by atoms with van der Waals surface area (Å²) in [5, 5.41) is 9.53. The third kappa shape index (κ3) is 7.50. The first-order valence-electron chi connectivity index (χ1n) is 15.3. The second kappa shape index (κ2) is 14.0. The number of thiazole rings is 1. The Balaban J connectivity index is 1.06. The molecule has 244 valence electrons. The van der Waals surface area contributed by atoms with Crippen LogP contribution in [0.1, 0.15) is 45.9 Å². The van der Waals surface area contributed by atoms with Crippen LogP contribution >= 0.6 is 22.9 Å². The zero-order valence-electron chi connectivity index (χ0n) is 26.3. The van der Waals surface area contributed by atoms with E-state index in [9.17, 15) is 14.4 Å². The third-order valence-corrected chi connectivity index (χ3v) is 9.54. The van der Waals surface area contributed by atoms with Gasteiger partial charge >= 0.3 is 6.03 Å². The largest absolute Gasteiger partial charge is 0.356 e. The maximum absolute atomic E-state index is 12.9. The van der Waals surface area contributed by atoms with Gasteiger partial charge in [0.2, 0.25) is 5.91 Å². The molecule has 2 aliphatic heterocycles. The van der Waals surface area contributed by atoms with E-state index >= 15 is 0 Å². The highest BCUT2D eigenvalue weighted by Crippen LogP contribution is 2.30. The summed E-state index contributed by atoms with van der Waals surface area (Å²) < 4.78 is 0. The van der Waals surface area contributed by atoms with Gasteiger partial charge in [-0.2, -0.15) is 0 Å². The fourth-order valence-corrected chi connectivity index (χ4v) is 6.80. The van der Waals surface area contributed by atoms with Gasteiger partial charge in [-0.05, 0) is 57.0 Å². The molecule has 2 fully saturated rings. The number of nitrogens with zero attached hydrogens (tertiary/aromatic N) is 7.